The number of para-hydroxylation sites is 2. The first-order valence-electron chi connectivity index (χ1n) is 9.65. The molecule has 142 valence electrons. The van der Waals surface area contributed by atoms with Crippen LogP contribution in [0.3, 0.4) is 0 Å². The number of hydrogen-bond acceptors (Lipinski definition) is 4. The molecule has 4 aromatic rings. The molecule has 0 radical (unpaired) electrons. The van der Waals surface area contributed by atoms with Gasteiger partial charge in [0, 0.05) is 16.5 Å². The monoisotopic (exact) mass is 373 g/mol. The van der Waals surface area contributed by atoms with Crippen LogP contribution in [0.25, 0.3) is 33.3 Å². The fourth-order valence-electron chi connectivity index (χ4n) is 4.14. The van der Waals surface area contributed by atoms with Gasteiger partial charge in [-0.25, -0.2) is 4.98 Å². The van der Waals surface area contributed by atoms with Crippen LogP contribution in [0.2, 0.25) is 0 Å². The third-order valence-corrected chi connectivity index (χ3v) is 5.43. The molecule has 6 nitrogen and oxygen atoms in total. The number of nitrogens with one attached hydrogen (secondary N) is 2. The number of aromatic nitrogens is 3. The molecule has 2 aromatic heterocycles. The molecule has 0 saturated carbocycles. The van der Waals surface area contributed by atoms with Gasteiger partial charge in [-0.05, 0) is 51.8 Å². The molecule has 1 aliphatic rings. The van der Waals surface area contributed by atoms with Crippen molar-refractivity contribution in [2.45, 2.75) is 12.6 Å². The Morgan fingerprint density at radius 3 is 2.68 bits per heavy atom. The lowest BCUT2D eigenvalue weighted by Gasteiger charge is -2.19. The van der Waals surface area contributed by atoms with Gasteiger partial charge >= 0.3 is 0 Å². The summed E-state index contributed by atoms with van der Waals surface area (Å²) < 4.78 is 1.81. The maximum atomic E-state index is 13.3. The number of hydrogen-bond donors (Lipinski definition) is 2. The molecular formula is C22H23N5O. The average Bonchev–Trinajstić information content (AvgIpc) is 3.21. The van der Waals surface area contributed by atoms with E-state index in [-0.39, 0.29) is 11.7 Å². The van der Waals surface area contributed by atoms with Crippen molar-refractivity contribution >= 4 is 21.8 Å². The highest BCUT2D eigenvalue weighted by atomic mass is 16.1. The Labute approximate surface area is 162 Å². The predicted octanol–water partition coefficient (Wildman–Crippen LogP) is 2.95. The highest BCUT2D eigenvalue weighted by Crippen LogP contribution is 2.40. The fraction of sp³-hybridized carbons (Fsp3) is 0.273. The van der Waals surface area contributed by atoms with E-state index in [0.717, 1.165) is 47.2 Å². The summed E-state index contributed by atoms with van der Waals surface area (Å²) in [5.74, 6) is 0.708. The molecule has 0 fully saturated rings. The summed E-state index contributed by atoms with van der Waals surface area (Å²) in [6, 6.07) is 15.8. The van der Waals surface area contributed by atoms with Crippen LogP contribution in [0.1, 0.15) is 18.2 Å². The van der Waals surface area contributed by atoms with Crippen molar-refractivity contribution in [1.29, 1.82) is 0 Å². The summed E-state index contributed by atoms with van der Waals surface area (Å²) in [7, 11) is 4.15. The molecule has 6 heteroatoms. The molecule has 0 amide bonds. The largest absolute Gasteiger partial charge is 0.352 e. The minimum Gasteiger partial charge on any atom is -0.352 e. The molecule has 3 heterocycles. The van der Waals surface area contributed by atoms with Crippen molar-refractivity contribution in [1.82, 2.24) is 24.8 Å². The Bertz CT molecular complexity index is 1240. The number of aromatic amines is 1. The zero-order valence-electron chi connectivity index (χ0n) is 16.1. The van der Waals surface area contributed by atoms with Gasteiger partial charge in [-0.15, -0.1) is 0 Å². The lowest BCUT2D eigenvalue weighted by Crippen LogP contribution is -2.34. The zero-order valence-corrected chi connectivity index (χ0v) is 16.1. The standard InChI is InChI=1S/C22H23N5O/c1-26(2)13-7-12-23-20-18-14-8-3-5-10-16(14)24-19(18)21-25-17-11-6-4-9-15(17)22(28)27(20)21/h3-6,8-11,20,23-24H,7,12-13H2,1-2H3. The van der Waals surface area contributed by atoms with Gasteiger partial charge in [0.25, 0.3) is 5.56 Å². The van der Waals surface area contributed by atoms with Crippen LogP contribution in [0.5, 0.6) is 0 Å². The third kappa shape index (κ3) is 2.57. The van der Waals surface area contributed by atoms with Gasteiger partial charge in [0.2, 0.25) is 0 Å². The third-order valence-electron chi connectivity index (χ3n) is 5.43. The van der Waals surface area contributed by atoms with Crippen LogP contribution in [-0.4, -0.2) is 46.6 Å². The van der Waals surface area contributed by atoms with Gasteiger partial charge in [-0.3, -0.25) is 14.7 Å². The van der Waals surface area contributed by atoms with E-state index in [1.807, 2.05) is 41.0 Å². The molecule has 1 unspecified atom stereocenters. The second kappa shape index (κ2) is 6.58. The molecule has 28 heavy (non-hydrogen) atoms. The molecule has 0 spiro atoms. The topological polar surface area (TPSA) is 66.0 Å². The Kier molecular flexibility index (Phi) is 4.03. The van der Waals surface area contributed by atoms with Crippen molar-refractivity contribution in [3.8, 4) is 11.5 Å². The summed E-state index contributed by atoms with van der Waals surface area (Å²) in [5.41, 5.74) is 3.85. The molecule has 0 aliphatic carbocycles. The molecule has 0 saturated heterocycles. The van der Waals surface area contributed by atoms with Gasteiger partial charge in [0.1, 0.15) is 6.17 Å². The lowest BCUT2D eigenvalue weighted by atomic mass is 10.1. The Morgan fingerprint density at radius 1 is 1.11 bits per heavy atom. The quantitative estimate of drug-likeness (QED) is 0.528. The summed E-state index contributed by atoms with van der Waals surface area (Å²) in [4.78, 5) is 23.8. The Hall–Kier alpha value is -2.96. The first-order chi connectivity index (χ1) is 13.6. The number of fused-ring (bicyclic) bond motifs is 6. The Morgan fingerprint density at radius 2 is 1.86 bits per heavy atom. The van der Waals surface area contributed by atoms with Crippen molar-refractivity contribution in [2.24, 2.45) is 0 Å². The number of benzene rings is 2. The van der Waals surface area contributed by atoms with E-state index in [1.54, 1.807) is 0 Å². The Balaban J connectivity index is 1.68. The molecule has 1 atom stereocenters. The number of H-pyrrole nitrogens is 1. The summed E-state index contributed by atoms with van der Waals surface area (Å²) in [6.45, 7) is 1.82. The number of nitrogens with zero attached hydrogens (tertiary/aromatic N) is 3. The van der Waals surface area contributed by atoms with Crippen molar-refractivity contribution in [3.63, 3.8) is 0 Å². The summed E-state index contributed by atoms with van der Waals surface area (Å²) in [6.07, 6.45) is 0.791. The minimum absolute atomic E-state index is 0.000564. The SMILES string of the molecule is CN(C)CCCNC1c2c([nH]c3ccccc23)-c2nc3ccccc3c(=O)n21. The molecule has 2 aromatic carbocycles. The van der Waals surface area contributed by atoms with Crippen LogP contribution in [0, 0.1) is 0 Å². The minimum atomic E-state index is -0.215. The smallest absolute Gasteiger partial charge is 0.263 e. The van der Waals surface area contributed by atoms with Crippen LogP contribution < -0.4 is 10.9 Å². The average molecular weight is 373 g/mol. The second-order valence-corrected chi connectivity index (χ2v) is 7.60. The maximum Gasteiger partial charge on any atom is 0.263 e. The van der Waals surface area contributed by atoms with E-state index in [0.29, 0.717) is 11.2 Å². The predicted molar refractivity (Wildman–Crippen MR) is 113 cm³/mol. The van der Waals surface area contributed by atoms with Gasteiger partial charge in [0.15, 0.2) is 5.82 Å². The van der Waals surface area contributed by atoms with Crippen LogP contribution >= 0.6 is 0 Å². The first-order valence-corrected chi connectivity index (χ1v) is 9.65. The van der Waals surface area contributed by atoms with Crippen molar-refractivity contribution < 1.29 is 0 Å². The van der Waals surface area contributed by atoms with Crippen LogP contribution in [-0.2, 0) is 0 Å². The normalized spacial score (nSPS) is 15.5. The van der Waals surface area contributed by atoms with Crippen molar-refractivity contribution in [3.05, 3.63) is 64.4 Å². The van der Waals surface area contributed by atoms with E-state index >= 15 is 0 Å². The maximum absolute atomic E-state index is 13.3. The first kappa shape index (κ1) is 17.2. The van der Waals surface area contributed by atoms with E-state index in [9.17, 15) is 4.79 Å². The van der Waals surface area contributed by atoms with E-state index < -0.39 is 0 Å². The van der Waals surface area contributed by atoms with E-state index in [2.05, 4.69) is 41.4 Å². The number of rotatable bonds is 5. The lowest BCUT2D eigenvalue weighted by molar-refractivity contribution is 0.380. The van der Waals surface area contributed by atoms with Crippen LogP contribution in [0.4, 0.5) is 0 Å². The highest BCUT2D eigenvalue weighted by Gasteiger charge is 2.34. The van der Waals surface area contributed by atoms with E-state index in [1.165, 1.54) is 0 Å². The molecule has 0 bridgehead atoms. The van der Waals surface area contributed by atoms with Crippen molar-refractivity contribution in [2.75, 3.05) is 27.2 Å². The van der Waals surface area contributed by atoms with E-state index in [4.69, 9.17) is 4.98 Å². The fourth-order valence-corrected chi connectivity index (χ4v) is 4.14. The molecular weight excluding hydrogens is 350 g/mol. The van der Waals surface area contributed by atoms with Gasteiger partial charge < -0.3 is 9.88 Å². The second-order valence-electron chi connectivity index (χ2n) is 7.60. The summed E-state index contributed by atoms with van der Waals surface area (Å²) >= 11 is 0. The molecule has 1 aliphatic heterocycles. The van der Waals surface area contributed by atoms with Gasteiger partial charge in [0.05, 0.1) is 16.6 Å². The van der Waals surface area contributed by atoms with Crippen LogP contribution in [0.15, 0.2) is 53.3 Å². The van der Waals surface area contributed by atoms with Gasteiger partial charge in [-0.1, -0.05) is 30.3 Å². The van der Waals surface area contributed by atoms with Gasteiger partial charge in [-0.2, -0.15) is 0 Å². The molecule has 2 N–H and O–H groups in total. The molecule has 5 rings (SSSR count). The highest BCUT2D eigenvalue weighted by molar-refractivity contribution is 5.93. The zero-order chi connectivity index (χ0) is 19.3. The summed E-state index contributed by atoms with van der Waals surface area (Å²) in [5, 5.41) is 5.40.